The molecule has 1 aliphatic rings. The Balaban J connectivity index is 2.01. The van der Waals surface area contributed by atoms with Crippen molar-refractivity contribution in [2.24, 2.45) is 0 Å². The van der Waals surface area contributed by atoms with Crippen molar-refractivity contribution in [3.05, 3.63) is 59.7 Å². The number of anilines is 1. The van der Waals surface area contributed by atoms with Gasteiger partial charge in [0.05, 0.1) is 10.6 Å². The van der Waals surface area contributed by atoms with Crippen LogP contribution in [0.25, 0.3) is 0 Å². The van der Waals surface area contributed by atoms with E-state index in [1.807, 2.05) is 31.2 Å². The fraction of sp³-hybridized carbons (Fsp3) is 0.316. The molecule has 5 nitrogen and oxygen atoms in total. The van der Waals surface area contributed by atoms with Crippen LogP contribution in [0, 0.1) is 0 Å². The molecule has 0 fully saturated rings. The maximum Gasteiger partial charge on any atom is 0.264 e. The molecule has 132 valence electrons. The Bertz CT molecular complexity index is 893. The van der Waals surface area contributed by atoms with E-state index in [9.17, 15) is 13.2 Å². The molecule has 0 atom stereocenters. The van der Waals surface area contributed by atoms with Gasteiger partial charge in [0.15, 0.2) is 0 Å². The summed E-state index contributed by atoms with van der Waals surface area (Å²) < 4.78 is 27.8. The highest BCUT2D eigenvalue weighted by Crippen LogP contribution is 2.31. The predicted octanol–water partition coefficient (Wildman–Crippen LogP) is 2.92. The molecule has 25 heavy (non-hydrogen) atoms. The molecule has 2 aromatic carbocycles. The molecule has 2 aromatic rings. The smallest absolute Gasteiger partial charge is 0.264 e. The summed E-state index contributed by atoms with van der Waals surface area (Å²) in [5.41, 5.74) is 2.15. The zero-order valence-corrected chi connectivity index (χ0v) is 15.3. The average Bonchev–Trinajstić information content (AvgIpc) is 2.66. The van der Waals surface area contributed by atoms with Crippen LogP contribution >= 0.6 is 0 Å². The predicted molar refractivity (Wildman–Crippen MR) is 98.4 cm³/mol. The fourth-order valence-electron chi connectivity index (χ4n) is 3.03. The van der Waals surface area contributed by atoms with Gasteiger partial charge in [-0.1, -0.05) is 24.3 Å². The van der Waals surface area contributed by atoms with Crippen molar-refractivity contribution in [3.8, 4) is 0 Å². The summed E-state index contributed by atoms with van der Waals surface area (Å²) in [6.45, 7) is 2.89. The van der Waals surface area contributed by atoms with Gasteiger partial charge in [-0.3, -0.25) is 9.10 Å². The van der Waals surface area contributed by atoms with Crippen molar-refractivity contribution < 1.29 is 13.2 Å². The van der Waals surface area contributed by atoms with Crippen LogP contribution in [-0.2, 0) is 16.4 Å². The standard InChI is InChI=1S/C19H22N2O3S/c1-3-20(2)19(22)16-9-6-11-17(14-16)25(23,24)21-13-7-10-15-8-4-5-12-18(15)21/h4-6,8-9,11-12,14H,3,7,10,13H2,1-2H3. The molecule has 0 N–H and O–H groups in total. The Labute approximate surface area is 148 Å². The molecule has 6 heteroatoms. The molecule has 0 spiro atoms. The second-order valence-electron chi connectivity index (χ2n) is 6.16. The van der Waals surface area contributed by atoms with Crippen LogP contribution in [0.3, 0.4) is 0 Å². The number of sulfonamides is 1. The lowest BCUT2D eigenvalue weighted by Gasteiger charge is -2.30. The van der Waals surface area contributed by atoms with Gasteiger partial charge in [0, 0.05) is 25.7 Å². The van der Waals surface area contributed by atoms with Crippen LogP contribution in [0.15, 0.2) is 53.4 Å². The number of amides is 1. The maximum atomic E-state index is 13.2. The number of rotatable bonds is 4. The van der Waals surface area contributed by atoms with E-state index in [4.69, 9.17) is 0 Å². The Morgan fingerprint density at radius 2 is 1.92 bits per heavy atom. The summed E-state index contributed by atoms with van der Waals surface area (Å²) in [6, 6.07) is 13.9. The largest absolute Gasteiger partial charge is 0.342 e. The molecule has 0 aromatic heterocycles. The number of hydrogen-bond acceptors (Lipinski definition) is 3. The van der Waals surface area contributed by atoms with Crippen LogP contribution in [-0.4, -0.2) is 39.4 Å². The SMILES string of the molecule is CCN(C)C(=O)c1cccc(S(=O)(=O)N2CCCc3ccccc32)c1. The number of aryl methyl sites for hydroxylation is 1. The summed E-state index contributed by atoms with van der Waals surface area (Å²) in [4.78, 5) is 14.1. The lowest BCUT2D eigenvalue weighted by Crippen LogP contribution is -2.35. The molecule has 1 heterocycles. The number of carbonyl (C=O) groups excluding carboxylic acids is 1. The molecule has 0 radical (unpaired) electrons. The van der Waals surface area contributed by atoms with E-state index >= 15 is 0 Å². The van der Waals surface area contributed by atoms with Crippen molar-refractivity contribution in [1.82, 2.24) is 4.90 Å². The van der Waals surface area contributed by atoms with Crippen LogP contribution in [0.2, 0.25) is 0 Å². The zero-order chi connectivity index (χ0) is 18.0. The summed E-state index contributed by atoms with van der Waals surface area (Å²) in [7, 11) is -2.00. The summed E-state index contributed by atoms with van der Waals surface area (Å²) >= 11 is 0. The first-order valence-electron chi connectivity index (χ1n) is 8.41. The van der Waals surface area contributed by atoms with Gasteiger partial charge in [-0.15, -0.1) is 0 Å². The first-order chi connectivity index (χ1) is 11.9. The van der Waals surface area contributed by atoms with Gasteiger partial charge in [0.1, 0.15) is 0 Å². The number of carbonyl (C=O) groups is 1. The summed E-state index contributed by atoms with van der Waals surface area (Å²) in [6.07, 6.45) is 1.66. The van der Waals surface area contributed by atoms with Crippen molar-refractivity contribution in [2.45, 2.75) is 24.7 Å². The number of fused-ring (bicyclic) bond motifs is 1. The molecule has 3 rings (SSSR count). The Morgan fingerprint density at radius 3 is 2.68 bits per heavy atom. The Morgan fingerprint density at radius 1 is 1.16 bits per heavy atom. The van der Waals surface area contributed by atoms with Crippen LogP contribution < -0.4 is 4.31 Å². The lowest BCUT2D eigenvalue weighted by molar-refractivity contribution is 0.0802. The zero-order valence-electron chi connectivity index (χ0n) is 14.5. The third kappa shape index (κ3) is 3.26. The van der Waals surface area contributed by atoms with Crippen LogP contribution in [0.1, 0.15) is 29.3 Å². The first kappa shape index (κ1) is 17.5. The van der Waals surface area contributed by atoms with Crippen LogP contribution in [0.4, 0.5) is 5.69 Å². The highest BCUT2D eigenvalue weighted by molar-refractivity contribution is 7.92. The van der Waals surface area contributed by atoms with Gasteiger partial charge in [-0.2, -0.15) is 0 Å². The molecular weight excluding hydrogens is 336 g/mol. The van der Waals surface area contributed by atoms with Gasteiger partial charge in [0.2, 0.25) is 0 Å². The molecule has 0 saturated heterocycles. The molecule has 1 amide bonds. The number of hydrogen-bond donors (Lipinski definition) is 0. The van der Waals surface area contributed by atoms with Crippen molar-refractivity contribution in [3.63, 3.8) is 0 Å². The molecule has 1 aliphatic heterocycles. The summed E-state index contributed by atoms with van der Waals surface area (Å²) in [5.74, 6) is -0.182. The van der Waals surface area contributed by atoms with Crippen molar-refractivity contribution in [1.29, 1.82) is 0 Å². The van der Waals surface area contributed by atoms with Gasteiger partial charge in [0.25, 0.3) is 15.9 Å². The Kier molecular flexibility index (Phi) is 4.81. The third-order valence-electron chi connectivity index (χ3n) is 4.56. The topological polar surface area (TPSA) is 57.7 Å². The van der Waals surface area contributed by atoms with Crippen molar-refractivity contribution in [2.75, 3.05) is 24.4 Å². The minimum atomic E-state index is -3.70. The molecule has 0 bridgehead atoms. The normalized spacial score (nSPS) is 14.1. The van der Waals surface area contributed by atoms with E-state index in [1.165, 1.54) is 10.4 Å². The van der Waals surface area contributed by atoms with E-state index in [-0.39, 0.29) is 10.8 Å². The first-order valence-corrected chi connectivity index (χ1v) is 9.85. The Hall–Kier alpha value is -2.34. The maximum absolute atomic E-state index is 13.2. The van der Waals surface area contributed by atoms with Gasteiger partial charge < -0.3 is 4.90 Å². The van der Waals surface area contributed by atoms with Crippen molar-refractivity contribution >= 4 is 21.6 Å². The highest BCUT2D eigenvalue weighted by atomic mass is 32.2. The van der Waals surface area contributed by atoms with Gasteiger partial charge in [-0.05, 0) is 49.6 Å². The minimum absolute atomic E-state index is 0.152. The molecular formula is C19H22N2O3S. The van der Waals surface area contributed by atoms with E-state index in [0.29, 0.717) is 18.7 Å². The second kappa shape index (κ2) is 6.88. The van der Waals surface area contributed by atoms with E-state index in [0.717, 1.165) is 24.1 Å². The second-order valence-corrected chi connectivity index (χ2v) is 8.02. The minimum Gasteiger partial charge on any atom is -0.342 e. The number of para-hydroxylation sites is 1. The van der Waals surface area contributed by atoms with Gasteiger partial charge >= 0.3 is 0 Å². The summed E-state index contributed by atoms with van der Waals surface area (Å²) in [5, 5.41) is 0. The monoisotopic (exact) mass is 358 g/mol. The lowest BCUT2D eigenvalue weighted by atomic mass is 10.0. The van der Waals surface area contributed by atoms with Gasteiger partial charge in [-0.25, -0.2) is 8.42 Å². The van der Waals surface area contributed by atoms with E-state index in [1.54, 1.807) is 30.1 Å². The van der Waals surface area contributed by atoms with Crippen LogP contribution in [0.5, 0.6) is 0 Å². The van der Waals surface area contributed by atoms with E-state index < -0.39 is 10.0 Å². The third-order valence-corrected chi connectivity index (χ3v) is 6.37. The molecule has 0 unspecified atom stereocenters. The quantitative estimate of drug-likeness (QED) is 0.844. The molecule has 0 saturated carbocycles. The fourth-order valence-corrected chi connectivity index (χ4v) is 4.62. The number of nitrogens with zero attached hydrogens (tertiary/aromatic N) is 2. The van der Waals surface area contributed by atoms with E-state index in [2.05, 4.69) is 0 Å². The number of benzene rings is 2. The molecule has 0 aliphatic carbocycles. The highest BCUT2D eigenvalue weighted by Gasteiger charge is 2.29. The average molecular weight is 358 g/mol.